The Morgan fingerprint density at radius 1 is 0.500 bits per heavy atom. The molecule has 0 nitrogen and oxygen atoms in total. The lowest BCUT2D eigenvalue weighted by atomic mass is 10.0. The first kappa shape index (κ1) is 63.7. The van der Waals surface area contributed by atoms with Crippen LogP contribution in [0.25, 0.3) is 0 Å². The van der Waals surface area contributed by atoms with Gasteiger partial charge in [-0.1, -0.05) is 170 Å². The van der Waals surface area contributed by atoms with Crippen LogP contribution in [0.15, 0.2) is 48.5 Å². The summed E-state index contributed by atoms with van der Waals surface area (Å²) >= 11 is 0. The van der Waals surface area contributed by atoms with E-state index in [0.29, 0.717) is 5.92 Å². The van der Waals surface area contributed by atoms with Crippen molar-refractivity contribution in [3.8, 4) is 0 Å². The minimum Gasteiger partial charge on any atom is -0.0776 e. The fraction of sp³-hybridized carbons (Fsp3) is 0.647. The first-order valence-corrected chi connectivity index (χ1v) is 10.3. The molecule has 0 aliphatic carbocycles. The van der Waals surface area contributed by atoms with Gasteiger partial charge in [0.15, 0.2) is 0 Å². The second-order valence-electron chi connectivity index (χ2n) is 6.52. The van der Waals surface area contributed by atoms with Gasteiger partial charge in [0.25, 0.3) is 0 Å². The molecule has 2 aromatic rings. The molecule has 0 aliphatic heterocycles. The number of hydrogen-bond acceptors (Lipinski definition) is 0. The topological polar surface area (TPSA) is 0 Å². The molecule has 212 valence electrons. The molecule has 0 saturated heterocycles. The molecular formula is C34H76. The number of unbranched alkanes of at least 4 members (excludes halogenated alkanes) is 1. The minimum atomic E-state index is 0. The van der Waals surface area contributed by atoms with E-state index < -0.39 is 0 Å². The average molecular weight is 485 g/mol. The van der Waals surface area contributed by atoms with Crippen molar-refractivity contribution in [3.63, 3.8) is 0 Å². The highest BCUT2D eigenvalue weighted by atomic mass is 14.0. The Bertz CT molecular complexity index is 517. The zero-order chi connectivity index (χ0) is 19.1. The van der Waals surface area contributed by atoms with Crippen LogP contribution in [0.2, 0.25) is 0 Å². The molecule has 0 heteroatoms. The molecule has 0 amide bonds. The number of hydrogen-bond donors (Lipinski definition) is 0. The fourth-order valence-corrected chi connectivity index (χ4v) is 2.46. The summed E-state index contributed by atoms with van der Waals surface area (Å²) < 4.78 is 0. The summed E-state index contributed by atoms with van der Waals surface area (Å²) in [5.74, 6) is 0.654. The maximum absolute atomic E-state index is 2.26. The van der Waals surface area contributed by atoms with Crippen molar-refractivity contribution in [1.29, 1.82) is 0 Å². The van der Waals surface area contributed by atoms with Crippen molar-refractivity contribution < 1.29 is 0 Å². The Labute approximate surface area is 224 Å². The molecule has 2 rings (SSSR count). The van der Waals surface area contributed by atoms with Gasteiger partial charge in [0.2, 0.25) is 0 Å². The van der Waals surface area contributed by atoms with Crippen molar-refractivity contribution in [2.45, 2.75) is 153 Å². The normalized spacial score (nSPS) is 7.18. The third-order valence-electron chi connectivity index (χ3n) is 4.30. The van der Waals surface area contributed by atoms with Crippen molar-refractivity contribution in [1.82, 2.24) is 0 Å². The molecule has 0 bridgehead atoms. The lowest BCUT2D eigenvalue weighted by Crippen LogP contribution is -1.87. The molecule has 0 aromatic heterocycles. The summed E-state index contributed by atoms with van der Waals surface area (Å²) in [5, 5.41) is 0. The Morgan fingerprint density at radius 2 is 0.794 bits per heavy atom. The SMILES string of the molecule is C.C.C.C.C.C.C.C.C.CC.CCCCc1ccc(CC)cc1.CCc1ccc(C(C)C)cc1. The molecule has 2 aromatic carbocycles. The highest BCUT2D eigenvalue weighted by Gasteiger charge is 1.96. The van der Waals surface area contributed by atoms with E-state index in [1.807, 2.05) is 13.8 Å². The van der Waals surface area contributed by atoms with Crippen LogP contribution in [0.5, 0.6) is 0 Å². The van der Waals surface area contributed by atoms with Crippen LogP contribution >= 0.6 is 0 Å². The van der Waals surface area contributed by atoms with Crippen molar-refractivity contribution in [2.24, 2.45) is 0 Å². The summed E-state index contributed by atoms with van der Waals surface area (Å²) in [6, 6.07) is 17.9. The van der Waals surface area contributed by atoms with Crippen molar-refractivity contribution in [3.05, 3.63) is 70.8 Å². The molecule has 0 atom stereocenters. The molecule has 0 aliphatic rings. The van der Waals surface area contributed by atoms with E-state index in [0.717, 1.165) is 12.8 Å². The Balaban J connectivity index is -0.0000000316. The van der Waals surface area contributed by atoms with E-state index in [1.54, 1.807) is 0 Å². The van der Waals surface area contributed by atoms with E-state index in [9.17, 15) is 0 Å². The highest BCUT2D eigenvalue weighted by Crippen LogP contribution is 2.14. The molecule has 0 spiro atoms. The van der Waals surface area contributed by atoms with E-state index in [2.05, 4.69) is 83.1 Å². The zero-order valence-corrected chi connectivity index (χ0v) is 17.7. The van der Waals surface area contributed by atoms with Gasteiger partial charge in [-0.3, -0.25) is 0 Å². The fourth-order valence-electron chi connectivity index (χ4n) is 2.46. The van der Waals surface area contributed by atoms with Crippen molar-refractivity contribution in [2.75, 3.05) is 0 Å². The first-order chi connectivity index (χ1) is 12.1. The Morgan fingerprint density at radius 3 is 1.06 bits per heavy atom. The maximum Gasteiger partial charge on any atom is -0.0219 e. The first-order valence-electron chi connectivity index (χ1n) is 10.3. The summed E-state index contributed by atoms with van der Waals surface area (Å²) in [6.45, 7) is 15.1. The standard InChI is InChI=1S/C12H18.C11H16.C2H6.9CH4/c1-3-5-6-12-9-7-11(4-2)8-10-12;1-4-10-5-7-11(8-6-10)9(2)3;1-2;;;;;;;;;/h7-10H,3-6H2,1-2H3;5-9H,4H2,1-3H3;1-2H3;9*1H4. The zero-order valence-electron chi connectivity index (χ0n) is 17.7. The average Bonchev–Trinajstić information content (AvgIpc) is 2.68. The number of aryl methyl sites for hydroxylation is 3. The summed E-state index contributed by atoms with van der Waals surface area (Å²) in [5.41, 5.74) is 5.78. The molecule has 0 saturated carbocycles. The minimum absolute atomic E-state index is 0. The Hall–Kier alpha value is -1.56. The third kappa shape index (κ3) is 28.5. The molecule has 0 N–H and O–H groups in total. The highest BCUT2D eigenvalue weighted by molar-refractivity contribution is 5.24. The molecule has 0 radical (unpaired) electrons. The summed E-state index contributed by atoms with van der Waals surface area (Å²) in [6.07, 6.45) is 6.12. The number of rotatable bonds is 6. The van der Waals surface area contributed by atoms with Gasteiger partial charge in [0.1, 0.15) is 0 Å². The van der Waals surface area contributed by atoms with Crippen molar-refractivity contribution >= 4 is 0 Å². The van der Waals surface area contributed by atoms with Gasteiger partial charge < -0.3 is 0 Å². The van der Waals surface area contributed by atoms with Gasteiger partial charge in [0.05, 0.1) is 0 Å². The van der Waals surface area contributed by atoms with E-state index >= 15 is 0 Å². The smallest absolute Gasteiger partial charge is 0.0219 e. The van der Waals surface area contributed by atoms with Crippen LogP contribution in [-0.2, 0) is 19.3 Å². The lowest BCUT2D eigenvalue weighted by Gasteiger charge is -2.04. The van der Waals surface area contributed by atoms with E-state index in [-0.39, 0.29) is 66.8 Å². The molecule has 34 heavy (non-hydrogen) atoms. The van der Waals surface area contributed by atoms with Gasteiger partial charge in [-0.25, -0.2) is 0 Å². The van der Waals surface area contributed by atoms with Crippen LogP contribution in [0.3, 0.4) is 0 Å². The Kier molecular flexibility index (Phi) is 78.0. The van der Waals surface area contributed by atoms with Crippen LogP contribution in [0, 0.1) is 0 Å². The monoisotopic (exact) mass is 485 g/mol. The van der Waals surface area contributed by atoms with Crippen LogP contribution in [0.4, 0.5) is 0 Å². The van der Waals surface area contributed by atoms with Gasteiger partial charge in [-0.2, -0.15) is 0 Å². The molecule has 0 heterocycles. The molecule has 0 fully saturated rings. The second-order valence-corrected chi connectivity index (χ2v) is 6.52. The van der Waals surface area contributed by atoms with Crippen LogP contribution in [0.1, 0.15) is 156 Å². The van der Waals surface area contributed by atoms with E-state index in [4.69, 9.17) is 0 Å². The summed E-state index contributed by atoms with van der Waals surface area (Å²) in [4.78, 5) is 0. The van der Waals surface area contributed by atoms with Gasteiger partial charge >= 0.3 is 0 Å². The summed E-state index contributed by atoms with van der Waals surface area (Å²) in [7, 11) is 0. The second kappa shape index (κ2) is 41.7. The lowest BCUT2D eigenvalue weighted by molar-refractivity contribution is 0.794. The maximum atomic E-state index is 2.26. The molecule has 0 unspecified atom stereocenters. The van der Waals surface area contributed by atoms with Gasteiger partial charge in [0, 0.05) is 0 Å². The predicted molar refractivity (Wildman–Crippen MR) is 176 cm³/mol. The largest absolute Gasteiger partial charge is 0.0776 e. The third-order valence-corrected chi connectivity index (χ3v) is 4.30. The predicted octanol–water partition coefficient (Wildman–Crippen LogP) is 13.7. The van der Waals surface area contributed by atoms with E-state index in [1.165, 1.54) is 41.5 Å². The number of benzene rings is 2. The van der Waals surface area contributed by atoms with Crippen LogP contribution < -0.4 is 0 Å². The van der Waals surface area contributed by atoms with Gasteiger partial charge in [-0.05, 0) is 53.9 Å². The quantitative estimate of drug-likeness (QED) is 0.382. The van der Waals surface area contributed by atoms with Gasteiger partial charge in [-0.15, -0.1) is 0 Å². The van der Waals surface area contributed by atoms with Crippen LogP contribution in [-0.4, -0.2) is 0 Å². The molecular weight excluding hydrogens is 408 g/mol.